The molecule has 0 aliphatic rings. The Labute approximate surface area is 303 Å². The van der Waals surface area contributed by atoms with Crippen LogP contribution in [-0.4, -0.2) is 120 Å². The smallest absolute Gasteiger partial charge is 0.226 e. The first-order chi connectivity index (χ1) is 26.1. The summed E-state index contributed by atoms with van der Waals surface area (Å²) in [5.74, 6) is 1.14. The first kappa shape index (κ1) is 37.8. The topological polar surface area (TPSA) is 247 Å². The number of nitrogens with two attached hydrogens (primary N) is 1. The molecule has 0 aliphatic carbocycles. The fourth-order valence-corrected chi connectivity index (χ4v) is 4.07. The van der Waals surface area contributed by atoms with Crippen molar-refractivity contribution >= 4 is 17.3 Å². The molecule has 272 valence electrons. The first-order valence-electron chi connectivity index (χ1n) is 16.3. The van der Waals surface area contributed by atoms with E-state index in [4.69, 9.17) is 24.7 Å². The molecule has 0 atom stereocenters. The number of pyridine rings is 4. The molecule has 0 radical (unpaired) electrons. The van der Waals surface area contributed by atoms with Crippen LogP contribution in [-0.2, 0) is 23.7 Å². The van der Waals surface area contributed by atoms with Crippen LogP contribution in [0.4, 0.5) is 11.4 Å². The molecule has 6 rings (SSSR count). The highest BCUT2D eigenvalue weighted by Gasteiger charge is 2.10. The standard InChI is InChI=1S/C22H27N7O5.C12H9N7/c1-31-10-11-33-14-15-34-13-12-32-9-7-20(30)25-17-5-6-19(24-16-17)22-28-26-21(27-29-22)18-4-2-3-8-23-18;13-8-4-5-10(15-7-8)12-18-16-11(17-19-12)9-3-1-2-6-14-9/h2-6,8,16H,7,9-15H2,1H3,(H,25,30);1-7H,13H2. The van der Waals surface area contributed by atoms with E-state index in [1.54, 1.807) is 62.0 Å². The molecule has 0 saturated heterocycles. The van der Waals surface area contributed by atoms with E-state index in [0.29, 0.717) is 97.9 Å². The molecule has 3 N–H and O–H groups in total. The van der Waals surface area contributed by atoms with E-state index in [-0.39, 0.29) is 18.2 Å². The van der Waals surface area contributed by atoms with E-state index in [2.05, 4.69) is 66.0 Å². The van der Waals surface area contributed by atoms with Crippen LogP contribution in [0, 0.1) is 0 Å². The SMILES string of the molecule is COCCOCCOCCOCCC(=O)Nc1ccc(-c2nnc(-c3ccccn3)nn2)nc1.Nc1ccc(-c2nnc(-c3ccccn3)nn2)nc1. The number of amides is 1. The minimum absolute atomic E-state index is 0.179. The number of anilines is 2. The monoisotopic (exact) mass is 720 g/mol. The van der Waals surface area contributed by atoms with Crippen molar-refractivity contribution in [2.45, 2.75) is 6.42 Å². The molecule has 0 saturated carbocycles. The summed E-state index contributed by atoms with van der Waals surface area (Å²) in [5, 5.41) is 34.9. The Bertz CT molecular complexity index is 1930. The van der Waals surface area contributed by atoms with Gasteiger partial charge in [-0.3, -0.25) is 24.7 Å². The molecule has 0 bridgehead atoms. The van der Waals surface area contributed by atoms with Gasteiger partial charge in [0.1, 0.15) is 22.8 Å². The van der Waals surface area contributed by atoms with E-state index in [9.17, 15) is 4.79 Å². The summed E-state index contributed by atoms with van der Waals surface area (Å²) in [6.45, 7) is 3.24. The third kappa shape index (κ3) is 12.7. The fraction of sp³-hybridized carbons (Fsp3) is 0.265. The van der Waals surface area contributed by atoms with Gasteiger partial charge in [-0.15, -0.1) is 40.8 Å². The minimum Gasteiger partial charge on any atom is -0.397 e. The van der Waals surface area contributed by atoms with Crippen LogP contribution in [0.3, 0.4) is 0 Å². The fourth-order valence-electron chi connectivity index (χ4n) is 4.07. The summed E-state index contributed by atoms with van der Waals surface area (Å²) in [5.41, 5.74) is 8.96. The Morgan fingerprint density at radius 3 is 1.42 bits per heavy atom. The highest BCUT2D eigenvalue weighted by molar-refractivity contribution is 5.90. The maximum atomic E-state index is 12.1. The zero-order valence-electron chi connectivity index (χ0n) is 28.7. The first-order valence-corrected chi connectivity index (χ1v) is 16.3. The second-order valence-corrected chi connectivity index (χ2v) is 10.6. The van der Waals surface area contributed by atoms with E-state index in [1.807, 2.05) is 18.2 Å². The highest BCUT2D eigenvalue weighted by Crippen LogP contribution is 2.16. The predicted molar refractivity (Wildman–Crippen MR) is 190 cm³/mol. The van der Waals surface area contributed by atoms with Crippen molar-refractivity contribution in [3.63, 3.8) is 0 Å². The maximum absolute atomic E-state index is 12.1. The van der Waals surface area contributed by atoms with Crippen LogP contribution < -0.4 is 11.1 Å². The van der Waals surface area contributed by atoms with Crippen molar-refractivity contribution in [2.75, 3.05) is 64.4 Å². The Kier molecular flexibility index (Phi) is 15.0. The van der Waals surface area contributed by atoms with Gasteiger partial charge in [-0.2, -0.15) is 0 Å². The van der Waals surface area contributed by atoms with E-state index in [0.717, 1.165) is 0 Å². The molecule has 0 fully saturated rings. The lowest BCUT2D eigenvalue weighted by Gasteiger charge is -2.07. The number of ether oxygens (including phenoxy) is 4. The maximum Gasteiger partial charge on any atom is 0.226 e. The van der Waals surface area contributed by atoms with Gasteiger partial charge in [-0.05, 0) is 48.5 Å². The molecule has 19 nitrogen and oxygen atoms in total. The molecule has 19 heteroatoms. The van der Waals surface area contributed by atoms with Crippen molar-refractivity contribution < 1.29 is 23.7 Å². The molecular formula is C34H36N14O5. The van der Waals surface area contributed by atoms with Gasteiger partial charge in [0.15, 0.2) is 0 Å². The van der Waals surface area contributed by atoms with Gasteiger partial charge in [0, 0.05) is 19.5 Å². The predicted octanol–water partition coefficient (Wildman–Crippen LogP) is 2.39. The third-order valence-corrected chi connectivity index (χ3v) is 6.69. The molecule has 0 unspecified atom stereocenters. The number of hydrogen-bond acceptors (Lipinski definition) is 18. The lowest BCUT2D eigenvalue weighted by Crippen LogP contribution is -2.16. The number of hydrogen-bond donors (Lipinski definition) is 2. The van der Waals surface area contributed by atoms with Gasteiger partial charge >= 0.3 is 0 Å². The van der Waals surface area contributed by atoms with Gasteiger partial charge in [0.25, 0.3) is 0 Å². The van der Waals surface area contributed by atoms with Crippen LogP contribution in [0.2, 0.25) is 0 Å². The van der Waals surface area contributed by atoms with Crippen LogP contribution in [0.1, 0.15) is 6.42 Å². The normalized spacial score (nSPS) is 10.7. The highest BCUT2D eigenvalue weighted by atomic mass is 16.6. The van der Waals surface area contributed by atoms with Gasteiger partial charge in [-0.1, -0.05) is 12.1 Å². The van der Waals surface area contributed by atoms with Crippen molar-refractivity contribution in [3.8, 4) is 46.1 Å². The van der Waals surface area contributed by atoms with Gasteiger partial charge in [-0.25, -0.2) is 0 Å². The average molecular weight is 721 g/mol. The number of nitrogens with zero attached hydrogens (tertiary/aromatic N) is 12. The summed E-state index contributed by atoms with van der Waals surface area (Å²) in [4.78, 5) is 28.7. The molecule has 1 amide bonds. The zero-order valence-corrected chi connectivity index (χ0v) is 28.7. The average Bonchev–Trinajstić information content (AvgIpc) is 3.21. The Hall–Kier alpha value is -6.41. The van der Waals surface area contributed by atoms with Crippen molar-refractivity contribution in [3.05, 3.63) is 85.5 Å². The third-order valence-electron chi connectivity index (χ3n) is 6.69. The second kappa shape index (κ2) is 21.1. The molecule has 0 aromatic carbocycles. The van der Waals surface area contributed by atoms with Crippen LogP contribution in [0.15, 0.2) is 85.5 Å². The molecule has 0 spiro atoms. The van der Waals surface area contributed by atoms with Gasteiger partial charge in [0.05, 0.1) is 76.4 Å². The van der Waals surface area contributed by atoms with E-state index >= 15 is 0 Å². The van der Waals surface area contributed by atoms with Crippen LogP contribution in [0.25, 0.3) is 46.1 Å². The molecular weight excluding hydrogens is 684 g/mol. The summed E-state index contributed by atoms with van der Waals surface area (Å²) < 4.78 is 20.9. The lowest BCUT2D eigenvalue weighted by atomic mass is 10.3. The van der Waals surface area contributed by atoms with Crippen molar-refractivity contribution in [2.24, 2.45) is 0 Å². The van der Waals surface area contributed by atoms with Gasteiger partial charge < -0.3 is 30.0 Å². The Balaban J connectivity index is 0.000000239. The number of carbonyl (C=O) groups is 1. The van der Waals surface area contributed by atoms with Crippen LogP contribution >= 0.6 is 0 Å². The van der Waals surface area contributed by atoms with E-state index in [1.165, 1.54) is 12.4 Å². The number of carbonyl (C=O) groups excluding carboxylic acids is 1. The zero-order chi connectivity index (χ0) is 36.9. The number of methoxy groups -OCH3 is 1. The number of nitrogen functional groups attached to an aromatic ring is 1. The number of aromatic nitrogens is 12. The lowest BCUT2D eigenvalue weighted by molar-refractivity contribution is -0.117. The number of nitrogens with one attached hydrogen (secondary N) is 1. The molecule has 6 aromatic rings. The summed E-state index contributed by atoms with van der Waals surface area (Å²) in [6.07, 6.45) is 6.57. The van der Waals surface area contributed by atoms with E-state index < -0.39 is 0 Å². The molecule has 0 aliphatic heterocycles. The number of rotatable bonds is 17. The minimum atomic E-state index is -0.179. The molecule has 6 aromatic heterocycles. The Morgan fingerprint density at radius 1 is 0.547 bits per heavy atom. The van der Waals surface area contributed by atoms with Crippen molar-refractivity contribution in [1.82, 2.24) is 60.7 Å². The van der Waals surface area contributed by atoms with Crippen molar-refractivity contribution in [1.29, 1.82) is 0 Å². The summed E-state index contributed by atoms with van der Waals surface area (Å²) >= 11 is 0. The van der Waals surface area contributed by atoms with Crippen LogP contribution in [0.5, 0.6) is 0 Å². The Morgan fingerprint density at radius 2 is 1.00 bits per heavy atom. The second-order valence-electron chi connectivity index (χ2n) is 10.6. The quantitative estimate of drug-likeness (QED) is 0.128. The van der Waals surface area contributed by atoms with Gasteiger partial charge in [0.2, 0.25) is 29.2 Å². The molecule has 6 heterocycles. The largest absolute Gasteiger partial charge is 0.397 e. The summed E-state index contributed by atoms with van der Waals surface area (Å²) in [7, 11) is 1.63. The molecule has 53 heavy (non-hydrogen) atoms. The summed E-state index contributed by atoms with van der Waals surface area (Å²) in [6, 6.07) is 17.7.